The molecular weight excluding hydrogens is 430 g/mol. The monoisotopic (exact) mass is 467 g/mol. The van der Waals surface area contributed by atoms with Gasteiger partial charge in [-0.25, -0.2) is 4.79 Å². The lowest BCUT2D eigenvalue weighted by Crippen LogP contribution is -2.47. The van der Waals surface area contributed by atoms with Gasteiger partial charge in [-0.15, -0.1) is 0 Å². The minimum atomic E-state index is -0.854. The Hall–Kier alpha value is -3.35. The van der Waals surface area contributed by atoms with Crippen molar-refractivity contribution in [3.63, 3.8) is 0 Å². The zero-order valence-electron chi connectivity index (χ0n) is 21.3. The topological polar surface area (TPSA) is 87.7 Å². The maximum atomic E-state index is 13.7. The van der Waals surface area contributed by atoms with E-state index in [4.69, 9.17) is 4.74 Å². The van der Waals surface area contributed by atoms with Crippen molar-refractivity contribution in [1.82, 2.24) is 10.2 Å². The van der Waals surface area contributed by atoms with Crippen LogP contribution in [-0.2, 0) is 14.3 Å². The Bertz CT molecular complexity index is 1030. The summed E-state index contributed by atoms with van der Waals surface area (Å²) in [5.41, 5.74) is 3.67. The molecule has 34 heavy (non-hydrogen) atoms. The molecule has 0 fully saturated rings. The number of ether oxygens (including phenoxy) is 1. The molecule has 0 aliphatic heterocycles. The lowest BCUT2D eigenvalue weighted by atomic mass is 9.95. The quantitative estimate of drug-likeness (QED) is 0.568. The second-order valence-electron chi connectivity index (χ2n) is 9.44. The van der Waals surface area contributed by atoms with E-state index in [1.807, 2.05) is 70.2 Å². The van der Waals surface area contributed by atoms with Crippen LogP contribution in [-0.4, -0.2) is 41.5 Å². The summed E-state index contributed by atoms with van der Waals surface area (Å²) < 4.78 is 5.25. The summed E-state index contributed by atoms with van der Waals surface area (Å²) in [6.07, 6.45) is -0.0260. The summed E-state index contributed by atoms with van der Waals surface area (Å²) in [6, 6.07) is 12.4. The first kappa shape index (κ1) is 26.9. The molecule has 0 aromatic heterocycles. The van der Waals surface area contributed by atoms with Crippen molar-refractivity contribution in [1.29, 1.82) is 0 Å². The highest BCUT2D eigenvalue weighted by atomic mass is 16.6. The second kappa shape index (κ2) is 11.7. The van der Waals surface area contributed by atoms with Gasteiger partial charge in [0.25, 0.3) is 5.91 Å². The smallest absolute Gasteiger partial charge is 0.408 e. The average Bonchev–Trinajstić information content (AvgIpc) is 2.75. The van der Waals surface area contributed by atoms with Crippen LogP contribution in [0.1, 0.15) is 62.4 Å². The number of anilines is 1. The van der Waals surface area contributed by atoms with E-state index in [-0.39, 0.29) is 18.4 Å². The van der Waals surface area contributed by atoms with E-state index in [0.717, 1.165) is 22.3 Å². The molecule has 0 aliphatic rings. The minimum absolute atomic E-state index is 0.270. The Kier molecular flexibility index (Phi) is 9.24. The summed E-state index contributed by atoms with van der Waals surface area (Å²) in [6.45, 7) is 13.1. The molecule has 0 bridgehead atoms. The predicted molar refractivity (Wildman–Crippen MR) is 135 cm³/mol. The van der Waals surface area contributed by atoms with Crippen molar-refractivity contribution in [2.75, 3.05) is 18.4 Å². The van der Waals surface area contributed by atoms with Gasteiger partial charge in [0.2, 0.25) is 5.91 Å². The van der Waals surface area contributed by atoms with Gasteiger partial charge in [-0.05, 0) is 76.3 Å². The van der Waals surface area contributed by atoms with Crippen LogP contribution in [0.15, 0.2) is 42.5 Å². The van der Waals surface area contributed by atoms with Crippen LogP contribution in [0, 0.1) is 20.8 Å². The molecule has 0 saturated carbocycles. The van der Waals surface area contributed by atoms with Crippen LogP contribution < -0.4 is 10.6 Å². The molecule has 2 aromatic rings. The number of nitrogens with zero attached hydrogens (tertiary/aromatic N) is 1. The zero-order valence-corrected chi connectivity index (χ0v) is 21.3. The van der Waals surface area contributed by atoms with E-state index >= 15 is 0 Å². The molecule has 7 heteroatoms. The SMILES string of the molecule is CCCN(C(=O)CNC(=O)OC(C)(C)C)C(C(=O)Nc1ccccc1C)c1cccc(C)c1C. The van der Waals surface area contributed by atoms with Gasteiger partial charge >= 0.3 is 6.09 Å². The molecule has 7 nitrogen and oxygen atoms in total. The normalized spacial score (nSPS) is 12.0. The van der Waals surface area contributed by atoms with Crippen LogP contribution in [0.5, 0.6) is 0 Å². The molecule has 1 unspecified atom stereocenters. The van der Waals surface area contributed by atoms with E-state index < -0.39 is 17.7 Å². The first-order chi connectivity index (χ1) is 15.9. The van der Waals surface area contributed by atoms with Gasteiger partial charge in [-0.1, -0.05) is 43.3 Å². The van der Waals surface area contributed by atoms with Gasteiger partial charge in [0.15, 0.2) is 0 Å². The largest absolute Gasteiger partial charge is 0.444 e. The van der Waals surface area contributed by atoms with Gasteiger partial charge in [-0.2, -0.15) is 0 Å². The Morgan fingerprint density at radius 3 is 2.24 bits per heavy atom. The number of hydrogen-bond donors (Lipinski definition) is 2. The highest BCUT2D eigenvalue weighted by molar-refractivity contribution is 5.99. The van der Waals surface area contributed by atoms with Crippen LogP contribution in [0.2, 0.25) is 0 Å². The highest BCUT2D eigenvalue weighted by Crippen LogP contribution is 2.28. The number of hydrogen-bond acceptors (Lipinski definition) is 4. The number of carbonyl (C=O) groups excluding carboxylic acids is 3. The molecule has 0 heterocycles. The third kappa shape index (κ3) is 7.33. The molecular formula is C27H37N3O4. The number of nitrogens with one attached hydrogen (secondary N) is 2. The lowest BCUT2D eigenvalue weighted by molar-refractivity contribution is -0.138. The third-order valence-corrected chi connectivity index (χ3v) is 5.47. The average molecular weight is 468 g/mol. The first-order valence-corrected chi connectivity index (χ1v) is 11.6. The summed E-state index contributed by atoms with van der Waals surface area (Å²) in [7, 11) is 0. The number of alkyl carbamates (subject to hydrolysis) is 1. The third-order valence-electron chi connectivity index (χ3n) is 5.47. The molecule has 1 atom stereocenters. The Balaban J connectivity index is 2.39. The molecule has 0 spiro atoms. The fraction of sp³-hybridized carbons (Fsp3) is 0.444. The molecule has 2 N–H and O–H groups in total. The lowest BCUT2D eigenvalue weighted by Gasteiger charge is -2.32. The van der Waals surface area contributed by atoms with E-state index in [2.05, 4.69) is 10.6 Å². The van der Waals surface area contributed by atoms with Crippen molar-refractivity contribution in [2.24, 2.45) is 0 Å². The number of aryl methyl sites for hydroxylation is 2. The number of carbonyl (C=O) groups is 3. The van der Waals surface area contributed by atoms with E-state index in [9.17, 15) is 14.4 Å². The van der Waals surface area contributed by atoms with Gasteiger partial charge in [0.05, 0.1) is 0 Å². The summed E-state index contributed by atoms with van der Waals surface area (Å²) in [5, 5.41) is 5.52. The number of rotatable bonds is 8. The zero-order chi connectivity index (χ0) is 25.5. The summed E-state index contributed by atoms with van der Waals surface area (Å²) in [5.74, 6) is -0.666. The molecule has 184 valence electrons. The molecule has 0 aliphatic carbocycles. The van der Waals surface area contributed by atoms with Crippen molar-refractivity contribution >= 4 is 23.6 Å². The Morgan fingerprint density at radius 1 is 0.971 bits per heavy atom. The van der Waals surface area contributed by atoms with Crippen LogP contribution >= 0.6 is 0 Å². The van der Waals surface area contributed by atoms with Gasteiger partial charge in [-0.3, -0.25) is 9.59 Å². The Labute approximate surface area is 202 Å². The summed E-state index contributed by atoms with van der Waals surface area (Å²) in [4.78, 5) is 40.6. The van der Waals surface area contributed by atoms with E-state index in [1.165, 1.54) is 4.90 Å². The summed E-state index contributed by atoms with van der Waals surface area (Å²) >= 11 is 0. The number of para-hydroxylation sites is 1. The van der Waals surface area contributed by atoms with Crippen molar-refractivity contribution in [3.05, 3.63) is 64.7 Å². The fourth-order valence-electron chi connectivity index (χ4n) is 3.64. The minimum Gasteiger partial charge on any atom is -0.444 e. The van der Waals surface area contributed by atoms with E-state index in [0.29, 0.717) is 18.7 Å². The standard InChI is InChI=1S/C27H37N3O4/c1-8-16-30(23(31)17-28-26(33)34-27(5,6)7)24(21-14-11-13-18(2)20(21)4)25(32)29-22-15-10-9-12-19(22)3/h9-15,24H,8,16-17H2,1-7H3,(H,28,33)(H,29,32). The predicted octanol–water partition coefficient (Wildman–Crippen LogP) is 5.05. The molecule has 3 amide bonds. The molecule has 2 rings (SSSR count). The highest BCUT2D eigenvalue weighted by Gasteiger charge is 2.33. The van der Waals surface area contributed by atoms with Crippen molar-refractivity contribution < 1.29 is 19.1 Å². The van der Waals surface area contributed by atoms with Gasteiger partial charge in [0.1, 0.15) is 18.2 Å². The van der Waals surface area contributed by atoms with Gasteiger partial charge < -0.3 is 20.3 Å². The second-order valence-corrected chi connectivity index (χ2v) is 9.44. The molecule has 0 radical (unpaired) electrons. The van der Waals surface area contributed by atoms with Gasteiger partial charge in [0, 0.05) is 12.2 Å². The fourth-order valence-corrected chi connectivity index (χ4v) is 3.64. The van der Waals surface area contributed by atoms with Crippen LogP contribution in [0.4, 0.5) is 10.5 Å². The Morgan fingerprint density at radius 2 is 1.62 bits per heavy atom. The maximum absolute atomic E-state index is 13.7. The van der Waals surface area contributed by atoms with Crippen LogP contribution in [0.3, 0.4) is 0 Å². The number of amides is 3. The van der Waals surface area contributed by atoms with E-state index in [1.54, 1.807) is 20.8 Å². The molecule has 2 aromatic carbocycles. The number of benzene rings is 2. The van der Waals surface area contributed by atoms with Crippen LogP contribution in [0.25, 0.3) is 0 Å². The maximum Gasteiger partial charge on any atom is 0.408 e. The van der Waals surface area contributed by atoms with Crippen molar-refractivity contribution in [3.8, 4) is 0 Å². The van der Waals surface area contributed by atoms with Crippen molar-refractivity contribution in [2.45, 2.75) is 66.5 Å². The first-order valence-electron chi connectivity index (χ1n) is 11.6. The molecule has 0 saturated heterocycles.